The van der Waals surface area contributed by atoms with Crippen LogP contribution in [0.15, 0.2) is 48.7 Å². The number of aromatic nitrogens is 3. The van der Waals surface area contributed by atoms with Crippen molar-refractivity contribution in [3.63, 3.8) is 0 Å². The maximum absolute atomic E-state index is 13.3. The van der Waals surface area contributed by atoms with Crippen LogP contribution in [0.5, 0.6) is 5.75 Å². The lowest BCUT2D eigenvalue weighted by molar-refractivity contribution is 0.228. The van der Waals surface area contributed by atoms with E-state index in [2.05, 4.69) is 14.8 Å². The Labute approximate surface area is 193 Å². The first-order valence-electron chi connectivity index (χ1n) is 10.1. The highest BCUT2D eigenvalue weighted by molar-refractivity contribution is 8.00. The summed E-state index contributed by atoms with van der Waals surface area (Å²) in [5.41, 5.74) is 10.4. The first-order valence-corrected chi connectivity index (χ1v) is 11.0. The second-order valence-corrected chi connectivity index (χ2v) is 8.32. The minimum absolute atomic E-state index is 0.273. The van der Waals surface area contributed by atoms with Gasteiger partial charge in [0.1, 0.15) is 29.2 Å². The fourth-order valence-corrected chi connectivity index (χ4v) is 4.05. The van der Waals surface area contributed by atoms with Gasteiger partial charge in [-0.15, -0.1) is 0 Å². The predicted octanol–water partition coefficient (Wildman–Crippen LogP) is 6.09. The number of fused-ring (bicyclic) bond motifs is 1. The monoisotopic (exact) mass is 473 g/mol. The van der Waals surface area contributed by atoms with Gasteiger partial charge in [-0.3, -0.25) is 4.68 Å². The Bertz CT molecular complexity index is 1290. The predicted molar refractivity (Wildman–Crippen MR) is 126 cm³/mol. The zero-order valence-electron chi connectivity index (χ0n) is 18.1. The molecule has 2 heterocycles. The van der Waals surface area contributed by atoms with Gasteiger partial charge in [0.25, 0.3) is 0 Å². The maximum Gasteiger partial charge on any atom is 0.302 e. The van der Waals surface area contributed by atoms with Crippen molar-refractivity contribution in [2.75, 3.05) is 10.5 Å². The highest BCUT2D eigenvalue weighted by Crippen LogP contribution is 2.39. The number of benzene rings is 2. The van der Waals surface area contributed by atoms with Crippen LogP contribution < -0.4 is 15.2 Å². The van der Waals surface area contributed by atoms with E-state index in [4.69, 9.17) is 10.5 Å². The largest absolute Gasteiger partial charge is 0.484 e. The van der Waals surface area contributed by atoms with Crippen LogP contribution in [0.2, 0.25) is 0 Å². The van der Waals surface area contributed by atoms with Crippen LogP contribution in [0.25, 0.3) is 22.2 Å². The lowest BCUT2D eigenvalue weighted by Crippen LogP contribution is -2.05. The molecule has 3 N–H and O–H groups in total. The van der Waals surface area contributed by atoms with Crippen LogP contribution in [0.4, 0.5) is 24.7 Å². The molecule has 0 aliphatic carbocycles. The van der Waals surface area contributed by atoms with Gasteiger partial charge < -0.3 is 15.2 Å². The molecule has 4 rings (SSSR count). The quantitative estimate of drug-likeness (QED) is 0.317. The van der Waals surface area contributed by atoms with Crippen LogP contribution >= 0.6 is 11.9 Å². The Morgan fingerprint density at radius 3 is 2.58 bits per heavy atom. The third-order valence-electron chi connectivity index (χ3n) is 5.23. The number of pyridine rings is 1. The molecule has 33 heavy (non-hydrogen) atoms. The molecule has 0 bridgehead atoms. The van der Waals surface area contributed by atoms with E-state index >= 15 is 0 Å². The summed E-state index contributed by atoms with van der Waals surface area (Å²) in [6.45, 7) is 3.72. The lowest BCUT2D eigenvalue weighted by Gasteiger charge is -2.19. The number of aryl methyl sites for hydroxylation is 2. The number of nitrogens with two attached hydrogens (primary N) is 1. The molecule has 1 unspecified atom stereocenters. The van der Waals surface area contributed by atoms with Gasteiger partial charge in [0.15, 0.2) is 0 Å². The molecule has 1 atom stereocenters. The summed E-state index contributed by atoms with van der Waals surface area (Å²) in [7, 11) is 1.82. The summed E-state index contributed by atoms with van der Waals surface area (Å²) in [5, 5.41) is 5.33. The van der Waals surface area contributed by atoms with Gasteiger partial charge in [0.2, 0.25) is 0 Å². The summed E-state index contributed by atoms with van der Waals surface area (Å²) in [4.78, 5) is 4.25. The molecule has 6 nitrogen and oxygen atoms in total. The molecule has 2 aromatic heterocycles. The molecule has 0 aliphatic heterocycles. The van der Waals surface area contributed by atoms with Crippen molar-refractivity contribution in [1.82, 2.24) is 14.8 Å². The van der Waals surface area contributed by atoms with Gasteiger partial charge in [0, 0.05) is 30.8 Å². The van der Waals surface area contributed by atoms with Crippen LogP contribution in [0.1, 0.15) is 24.2 Å². The summed E-state index contributed by atoms with van der Waals surface area (Å²) in [6.07, 6.45) is 1.23. The molecule has 0 radical (unpaired) electrons. The normalized spacial score (nSPS) is 12.3. The van der Waals surface area contributed by atoms with Gasteiger partial charge in [-0.1, -0.05) is 18.2 Å². The number of rotatable bonds is 7. The van der Waals surface area contributed by atoms with E-state index in [1.807, 2.05) is 14.0 Å². The van der Waals surface area contributed by atoms with Crippen molar-refractivity contribution in [2.45, 2.75) is 25.7 Å². The number of nitrogens with zero attached hydrogens (tertiary/aromatic N) is 3. The van der Waals surface area contributed by atoms with E-state index in [1.165, 1.54) is 12.1 Å². The molecule has 0 spiro atoms. The number of alkyl halides is 2. The van der Waals surface area contributed by atoms with E-state index < -0.39 is 11.9 Å². The number of hydrogen-bond donors (Lipinski definition) is 2. The maximum atomic E-state index is 13.3. The van der Waals surface area contributed by atoms with E-state index in [9.17, 15) is 13.2 Å². The highest BCUT2D eigenvalue weighted by atomic mass is 32.2. The van der Waals surface area contributed by atoms with Gasteiger partial charge in [-0.2, -0.15) is 13.9 Å². The van der Waals surface area contributed by atoms with E-state index in [1.54, 1.807) is 48.1 Å². The van der Waals surface area contributed by atoms with Crippen LogP contribution in [-0.4, -0.2) is 20.5 Å². The standard InChI is InChI=1S/C23H22F3N5OS/c1-12-11-28-22(27)19-20(29-31(3)21(12)19)15-6-9-17(30-33-23(25)26)18(10-15)32-13(2)14-4-7-16(24)8-5-14/h4-11,13,23,30H,1-3H3,(H2,27,28). The Hall–Kier alpha value is -3.40. The zero-order chi connectivity index (χ0) is 23.7. The number of nitrogens with one attached hydrogen (secondary N) is 1. The number of nitrogen functional groups attached to an aromatic ring is 1. The fourth-order valence-electron chi connectivity index (χ4n) is 3.66. The number of hydrogen-bond acceptors (Lipinski definition) is 6. The molecule has 0 aliphatic rings. The minimum atomic E-state index is -2.61. The van der Waals surface area contributed by atoms with E-state index in [0.717, 1.165) is 16.6 Å². The average Bonchev–Trinajstić information content (AvgIpc) is 3.14. The van der Waals surface area contributed by atoms with Crippen LogP contribution in [0, 0.1) is 12.7 Å². The Morgan fingerprint density at radius 2 is 1.88 bits per heavy atom. The molecule has 10 heteroatoms. The minimum Gasteiger partial charge on any atom is -0.484 e. The van der Waals surface area contributed by atoms with Gasteiger partial charge >= 0.3 is 5.76 Å². The van der Waals surface area contributed by atoms with Crippen molar-refractivity contribution in [1.29, 1.82) is 0 Å². The van der Waals surface area contributed by atoms with Crippen LogP contribution in [-0.2, 0) is 7.05 Å². The molecule has 0 fully saturated rings. The highest BCUT2D eigenvalue weighted by Gasteiger charge is 2.19. The zero-order valence-corrected chi connectivity index (χ0v) is 19.0. The molecule has 0 saturated heterocycles. The third-order valence-corrected chi connectivity index (χ3v) is 5.75. The second-order valence-electron chi connectivity index (χ2n) is 7.53. The summed E-state index contributed by atoms with van der Waals surface area (Å²) in [5.74, 6) is -2.28. The molecule has 4 aromatic rings. The topological polar surface area (TPSA) is 78.0 Å². The van der Waals surface area contributed by atoms with Gasteiger partial charge in [0.05, 0.1) is 16.6 Å². The van der Waals surface area contributed by atoms with Crippen LogP contribution in [0.3, 0.4) is 0 Å². The first kappa shape index (κ1) is 22.8. The van der Waals surface area contributed by atoms with Crippen molar-refractivity contribution >= 4 is 34.4 Å². The number of ether oxygens (including phenoxy) is 1. The second kappa shape index (κ2) is 9.22. The van der Waals surface area contributed by atoms with Gasteiger partial charge in [-0.05, 0) is 49.2 Å². The van der Waals surface area contributed by atoms with E-state index in [0.29, 0.717) is 33.9 Å². The molecule has 0 saturated carbocycles. The number of anilines is 2. The lowest BCUT2D eigenvalue weighted by atomic mass is 10.1. The Balaban J connectivity index is 1.78. The van der Waals surface area contributed by atoms with Gasteiger partial charge in [-0.25, -0.2) is 9.37 Å². The fraction of sp³-hybridized carbons (Fsp3) is 0.217. The third kappa shape index (κ3) is 4.70. The summed E-state index contributed by atoms with van der Waals surface area (Å²) in [6, 6.07) is 11.0. The smallest absolute Gasteiger partial charge is 0.302 e. The molecule has 172 valence electrons. The van der Waals surface area contributed by atoms with E-state index in [-0.39, 0.29) is 17.8 Å². The SMILES string of the molecule is Cc1cnc(N)c2c(-c3ccc(NSC(F)F)c(OC(C)c4ccc(F)cc4)c3)nn(C)c12. The molecule has 0 amide bonds. The van der Waals surface area contributed by atoms with Crippen molar-refractivity contribution < 1.29 is 17.9 Å². The average molecular weight is 474 g/mol. The number of halogens is 3. The van der Waals surface area contributed by atoms with Crippen molar-refractivity contribution in [3.05, 3.63) is 65.6 Å². The Kier molecular flexibility index (Phi) is 6.37. The first-order chi connectivity index (χ1) is 15.7. The molecular weight excluding hydrogens is 451 g/mol. The van der Waals surface area contributed by atoms with Crippen molar-refractivity contribution in [2.24, 2.45) is 7.05 Å². The summed E-state index contributed by atoms with van der Waals surface area (Å²) < 4.78 is 49.4. The van der Waals surface area contributed by atoms with Crippen molar-refractivity contribution in [3.8, 4) is 17.0 Å². The Morgan fingerprint density at radius 1 is 1.15 bits per heavy atom. The summed E-state index contributed by atoms with van der Waals surface area (Å²) >= 11 is 0.273. The molecule has 2 aromatic carbocycles. The molecular formula is C23H22F3N5OS.